The number of anilines is 2. The second-order valence-electron chi connectivity index (χ2n) is 8.21. The van der Waals surface area contributed by atoms with E-state index in [2.05, 4.69) is 10.3 Å². The lowest BCUT2D eigenvalue weighted by Gasteiger charge is -2.21. The Hall–Kier alpha value is -2.61. The van der Waals surface area contributed by atoms with Gasteiger partial charge in [-0.3, -0.25) is 18.9 Å². The number of carbonyl (C=O) groups is 3. The van der Waals surface area contributed by atoms with Crippen molar-refractivity contribution >= 4 is 60.9 Å². The van der Waals surface area contributed by atoms with Crippen LogP contribution >= 0.6 is 21.6 Å². The Bertz CT molecular complexity index is 1220. The molecule has 3 rings (SSSR count). The smallest absolute Gasteiger partial charge is 0.303 e. The number of carboxylic acid groups (broad SMARTS) is 1. The molecule has 0 aliphatic carbocycles. The molecule has 0 spiro atoms. The summed E-state index contributed by atoms with van der Waals surface area (Å²) >= 11 is 0. The van der Waals surface area contributed by atoms with E-state index in [0.29, 0.717) is 24.4 Å². The Kier molecular flexibility index (Phi) is 9.77. The fourth-order valence-electron chi connectivity index (χ4n) is 3.73. The summed E-state index contributed by atoms with van der Waals surface area (Å²) in [7, 11) is -1.62. The van der Waals surface area contributed by atoms with Gasteiger partial charge < -0.3 is 10.4 Å². The molecule has 1 aliphatic heterocycles. The second kappa shape index (κ2) is 12.6. The van der Waals surface area contributed by atoms with Crippen LogP contribution in [0.1, 0.15) is 43.2 Å². The Morgan fingerprint density at radius 1 is 1.22 bits per heavy atom. The van der Waals surface area contributed by atoms with Crippen LogP contribution in [-0.2, 0) is 30.3 Å². The van der Waals surface area contributed by atoms with Gasteiger partial charge in [-0.15, -0.1) is 0 Å². The van der Waals surface area contributed by atoms with E-state index in [0.717, 1.165) is 33.9 Å². The standard InChI is InChI=1S/C23H27N3O7S3/c1-15-11-16(26-21(27)13-19(23(26)30)36(31,32)33)12-18(24-9-5-2-3-8-22(28)29)17(15)14-34-35-20-7-4-6-10-25-20/h4,6-7,10-12,19,24H,2-3,5,8-9,13-14H2,1H3,(H,28,29)(H,31,32,33). The van der Waals surface area contributed by atoms with E-state index in [-0.39, 0.29) is 12.1 Å². The van der Waals surface area contributed by atoms with Gasteiger partial charge in [-0.2, -0.15) is 8.42 Å². The fraction of sp³-hybridized carbons (Fsp3) is 0.391. The lowest BCUT2D eigenvalue weighted by molar-refractivity contribution is -0.137. The predicted octanol–water partition coefficient (Wildman–Crippen LogP) is 3.91. The van der Waals surface area contributed by atoms with E-state index < -0.39 is 39.6 Å². The van der Waals surface area contributed by atoms with Crippen LogP contribution in [0.25, 0.3) is 0 Å². The maximum absolute atomic E-state index is 12.7. The summed E-state index contributed by atoms with van der Waals surface area (Å²) in [6, 6.07) is 8.93. The molecule has 1 atom stereocenters. The Labute approximate surface area is 217 Å². The number of imide groups is 1. The van der Waals surface area contributed by atoms with E-state index in [1.165, 1.54) is 10.8 Å². The highest BCUT2D eigenvalue weighted by atomic mass is 33.1. The van der Waals surface area contributed by atoms with E-state index in [9.17, 15) is 27.4 Å². The number of benzene rings is 1. The molecule has 1 saturated heterocycles. The maximum atomic E-state index is 12.7. The minimum Gasteiger partial charge on any atom is -0.481 e. The molecule has 36 heavy (non-hydrogen) atoms. The van der Waals surface area contributed by atoms with Crippen LogP contribution in [0.2, 0.25) is 0 Å². The lowest BCUT2D eigenvalue weighted by atomic mass is 10.1. The minimum atomic E-state index is -4.70. The number of pyridine rings is 1. The molecule has 1 fully saturated rings. The first-order chi connectivity index (χ1) is 17.1. The number of aliphatic carboxylic acids is 1. The maximum Gasteiger partial charge on any atom is 0.303 e. The van der Waals surface area contributed by atoms with Gasteiger partial charge in [0.05, 0.1) is 12.1 Å². The van der Waals surface area contributed by atoms with Crippen molar-refractivity contribution < 1.29 is 32.5 Å². The summed E-state index contributed by atoms with van der Waals surface area (Å²) in [5, 5.41) is 11.2. The first-order valence-electron chi connectivity index (χ1n) is 11.2. The normalized spacial score (nSPS) is 15.9. The third kappa shape index (κ3) is 7.45. The number of hydrogen-bond donors (Lipinski definition) is 3. The molecule has 1 aliphatic rings. The third-order valence-electron chi connectivity index (χ3n) is 5.55. The third-order valence-corrected chi connectivity index (χ3v) is 8.79. The topological polar surface area (TPSA) is 154 Å². The zero-order chi connectivity index (χ0) is 26.3. The predicted molar refractivity (Wildman–Crippen MR) is 140 cm³/mol. The van der Waals surface area contributed by atoms with Gasteiger partial charge in [-0.25, -0.2) is 9.88 Å². The molecular formula is C23H27N3O7S3. The number of unbranched alkanes of at least 4 members (excludes halogenated alkanes) is 2. The molecular weight excluding hydrogens is 526 g/mol. The van der Waals surface area contributed by atoms with E-state index >= 15 is 0 Å². The summed E-state index contributed by atoms with van der Waals surface area (Å²) in [5.74, 6) is -1.92. The molecule has 3 N–H and O–H groups in total. The Morgan fingerprint density at radius 3 is 2.64 bits per heavy atom. The number of carbonyl (C=O) groups excluding carboxylic acids is 2. The largest absolute Gasteiger partial charge is 0.481 e. The monoisotopic (exact) mass is 553 g/mol. The van der Waals surface area contributed by atoms with E-state index in [4.69, 9.17) is 5.11 Å². The first-order valence-corrected chi connectivity index (χ1v) is 15.0. The van der Waals surface area contributed by atoms with Crippen molar-refractivity contribution in [3.05, 3.63) is 47.7 Å². The van der Waals surface area contributed by atoms with Crippen molar-refractivity contribution in [1.29, 1.82) is 0 Å². The van der Waals surface area contributed by atoms with E-state index in [1.807, 2.05) is 25.1 Å². The van der Waals surface area contributed by atoms with Gasteiger partial charge in [0.15, 0.2) is 5.25 Å². The highest BCUT2D eigenvalue weighted by Crippen LogP contribution is 2.38. The number of rotatable bonds is 13. The van der Waals surface area contributed by atoms with Crippen LogP contribution < -0.4 is 10.2 Å². The van der Waals surface area contributed by atoms with Crippen LogP contribution in [-0.4, -0.2) is 52.6 Å². The first kappa shape index (κ1) is 28.0. The number of nitrogens with one attached hydrogen (secondary N) is 1. The molecule has 2 heterocycles. The van der Waals surface area contributed by atoms with Crippen molar-refractivity contribution in [2.75, 3.05) is 16.8 Å². The van der Waals surface area contributed by atoms with Gasteiger partial charge in [0.1, 0.15) is 5.03 Å². The Morgan fingerprint density at radius 2 is 2.00 bits per heavy atom. The van der Waals surface area contributed by atoms with Crippen molar-refractivity contribution in [2.24, 2.45) is 0 Å². The van der Waals surface area contributed by atoms with Crippen LogP contribution in [0.3, 0.4) is 0 Å². The molecule has 10 nitrogen and oxygen atoms in total. The Balaban J connectivity index is 1.80. The molecule has 194 valence electrons. The number of amides is 2. The van der Waals surface area contributed by atoms with Crippen LogP contribution in [0.4, 0.5) is 11.4 Å². The van der Waals surface area contributed by atoms with Crippen molar-refractivity contribution in [3.63, 3.8) is 0 Å². The molecule has 0 bridgehead atoms. The average molecular weight is 554 g/mol. The van der Waals surface area contributed by atoms with Gasteiger partial charge in [-0.1, -0.05) is 23.3 Å². The molecule has 1 aromatic carbocycles. The zero-order valence-electron chi connectivity index (χ0n) is 19.5. The molecule has 0 radical (unpaired) electrons. The zero-order valence-corrected chi connectivity index (χ0v) is 22.0. The molecule has 2 amide bonds. The fourth-order valence-corrected chi connectivity index (χ4v) is 6.55. The quantitative estimate of drug-likeness (QED) is 0.143. The SMILES string of the molecule is Cc1cc(N2C(=O)CC(S(=O)(=O)O)C2=O)cc(NCCCCCC(=O)O)c1CSSc1ccccn1. The average Bonchev–Trinajstić information content (AvgIpc) is 3.12. The molecule has 2 aromatic rings. The van der Waals surface area contributed by atoms with Gasteiger partial charge in [0, 0.05) is 30.6 Å². The highest BCUT2D eigenvalue weighted by molar-refractivity contribution is 8.76. The number of aryl methyl sites for hydroxylation is 1. The number of aromatic nitrogens is 1. The summed E-state index contributed by atoms with van der Waals surface area (Å²) in [6.45, 7) is 2.39. The van der Waals surface area contributed by atoms with Crippen molar-refractivity contribution in [1.82, 2.24) is 4.98 Å². The van der Waals surface area contributed by atoms with Gasteiger partial charge in [-0.05, 0) is 66.0 Å². The van der Waals surface area contributed by atoms with Crippen molar-refractivity contribution in [2.45, 2.75) is 55.1 Å². The highest BCUT2D eigenvalue weighted by Gasteiger charge is 2.46. The molecule has 1 aromatic heterocycles. The van der Waals surface area contributed by atoms with Crippen LogP contribution in [0.5, 0.6) is 0 Å². The molecule has 1 unspecified atom stereocenters. The van der Waals surface area contributed by atoms with Gasteiger partial charge in [0.2, 0.25) is 5.91 Å². The number of carboxylic acids is 1. The van der Waals surface area contributed by atoms with Crippen LogP contribution in [0, 0.1) is 6.92 Å². The number of nitrogens with zero attached hydrogens (tertiary/aromatic N) is 2. The molecule has 0 saturated carbocycles. The van der Waals surface area contributed by atoms with Gasteiger partial charge >= 0.3 is 5.97 Å². The summed E-state index contributed by atoms with van der Waals surface area (Å²) in [6.07, 6.45) is 3.21. The van der Waals surface area contributed by atoms with Crippen LogP contribution in [0.15, 0.2) is 41.6 Å². The summed E-state index contributed by atoms with van der Waals surface area (Å²) in [4.78, 5) is 41.0. The summed E-state index contributed by atoms with van der Waals surface area (Å²) in [5.41, 5.74) is 2.66. The minimum absolute atomic E-state index is 0.106. The number of hydrogen-bond acceptors (Lipinski definition) is 9. The summed E-state index contributed by atoms with van der Waals surface area (Å²) < 4.78 is 32.5. The lowest BCUT2D eigenvalue weighted by Crippen LogP contribution is -2.35. The second-order valence-corrected chi connectivity index (χ2v) is 12.1. The van der Waals surface area contributed by atoms with Gasteiger partial charge in [0.25, 0.3) is 16.0 Å². The van der Waals surface area contributed by atoms with Crippen molar-refractivity contribution in [3.8, 4) is 0 Å². The molecule has 13 heteroatoms. The van der Waals surface area contributed by atoms with E-state index in [1.54, 1.807) is 29.1 Å².